The molecule has 0 spiro atoms. The molecule has 2 aromatic rings. The summed E-state index contributed by atoms with van der Waals surface area (Å²) in [4.78, 5) is 4.41. The average Bonchev–Trinajstić information content (AvgIpc) is 2.83. The molecule has 0 saturated heterocycles. The summed E-state index contributed by atoms with van der Waals surface area (Å²) in [6.07, 6.45) is -3.87. The van der Waals surface area contributed by atoms with Crippen LogP contribution in [0.1, 0.15) is 28.8 Å². The van der Waals surface area contributed by atoms with E-state index in [1.807, 2.05) is 12.3 Å². The maximum Gasteiger partial charge on any atom is 0.416 e. The van der Waals surface area contributed by atoms with Gasteiger partial charge >= 0.3 is 6.18 Å². The van der Waals surface area contributed by atoms with Crippen LogP contribution in [0, 0.1) is 0 Å². The van der Waals surface area contributed by atoms with E-state index in [1.54, 1.807) is 6.07 Å². The highest BCUT2D eigenvalue weighted by atomic mass is 32.1. The molecular weight excluding hydrogens is 285 g/mol. The van der Waals surface area contributed by atoms with Gasteiger partial charge in [0.25, 0.3) is 0 Å². The van der Waals surface area contributed by atoms with E-state index < -0.39 is 11.7 Å². The predicted octanol–water partition coefficient (Wildman–Crippen LogP) is 3.86. The smallest absolute Gasteiger partial charge is 0.311 e. The van der Waals surface area contributed by atoms with Gasteiger partial charge in [-0.25, -0.2) is 4.98 Å². The van der Waals surface area contributed by atoms with E-state index in [-0.39, 0.29) is 0 Å². The van der Waals surface area contributed by atoms with Crippen LogP contribution in [0.15, 0.2) is 29.6 Å². The lowest BCUT2D eigenvalue weighted by atomic mass is 10.1. The lowest BCUT2D eigenvalue weighted by Gasteiger charge is -2.07. The monoisotopic (exact) mass is 300 g/mol. The first kappa shape index (κ1) is 15.0. The number of alkyl halides is 3. The van der Waals surface area contributed by atoms with Crippen LogP contribution in [0.25, 0.3) is 0 Å². The third-order valence-corrected chi connectivity index (χ3v) is 3.66. The molecule has 0 atom stereocenters. The van der Waals surface area contributed by atoms with Crippen molar-refractivity contribution in [3.63, 3.8) is 0 Å². The largest absolute Gasteiger partial charge is 0.416 e. The van der Waals surface area contributed by atoms with Gasteiger partial charge in [-0.05, 0) is 18.2 Å². The highest BCUT2D eigenvalue weighted by molar-refractivity contribution is 7.09. The zero-order valence-corrected chi connectivity index (χ0v) is 11.8. The standard InChI is InChI=1S/C14H15F3N2S/c1-2-18-8-12-9-20-13(19-12)7-10-4-3-5-11(6-10)14(15,16)17/h3-6,9,18H,2,7-8H2,1H3. The molecule has 0 fully saturated rings. The Morgan fingerprint density at radius 1 is 1.30 bits per heavy atom. The van der Waals surface area contributed by atoms with E-state index in [2.05, 4.69) is 10.3 Å². The maximum atomic E-state index is 12.6. The van der Waals surface area contributed by atoms with Gasteiger partial charge in [0.05, 0.1) is 16.3 Å². The number of aromatic nitrogens is 1. The second kappa shape index (κ2) is 6.37. The van der Waals surface area contributed by atoms with Crippen molar-refractivity contribution in [3.05, 3.63) is 51.5 Å². The van der Waals surface area contributed by atoms with Crippen molar-refractivity contribution in [1.29, 1.82) is 0 Å². The Morgan fingerprint density at radius 2 is 2.10 bits per heavy atom. The Hall–Kier alpha value is -1.40. The van der Waals surface area contributed by atoms with Gasteiger partial charge < -0.3 is 5.32 Å². The van der Waals surface area contributed by atoms with Crippen LogP contribution >= 0.6 is 11.3 Å². The zero-order chi connectivity index (χ0) is 14.6. The molecule has 1 aromatic carbocycles. The minimum absolute atomic E-state index is 0.431. The summed E-state index contributed by atoms with van der Waals surface area (Å²) in [5.41, 5.74) is 0.947. The van der Waals surface area contributed by atoms with Gasteiger partial charge in [0.2, 0.25) is 0 Å². The molecule has 1 N–H and O–H groups in total. The molecule has 2 nitrogen and oxygen atoms in total. The average molecular weight is 300 g/mol. The van der Waals surface area contributed by atoms with Crippen molar-refractivity contribution in [2.75, 3.05) is 6.54 Å². The first-order valence-electron chi connectivity index (χ1n) is 6.29. The Bertz CT molecular complexity index is 564. The van der Waals surface area contributed by atoms with Crippen LogP contribution in [-0.2, 0) is 19.1 Å². The number of benzene rings is 1. The van der Waals surface area contributed by atoms with Crippen LogP contribution in [0.5, 0.6) is 0 Å². The van der Waals surface area contributed by atoms with Crippen molar-refractivity contribution in [1.82, 2.24) is 10.3 Å². The third-order valence-electron chi connectivity index (χ3n) is 2.77. The van der Waals surface area contributed by atoms with Gasteiger partial charge in [-0.1, -0.05) is 25.1 Å². The van der Waals surface area contributed by atoms with Crippen LogP contribution in [-0.4, -0.2) is 11.5 Å². The summed E-state index contributed by atoms with van der Waals surface area (Å²) >= 11 is 1.48. The molecule has 1 heterocycles. The van der Waals surface area contributed by atoms with Gasteiger partial charge in [-0.15, -0.1) is 11.3 Å². The molecule has 0 aliphatic carbocycles. The first-order valence-corrected chi connectivity index (χ1v) is 7.17. The lowest BCUT2D eigenvalue weighted by molar-refractivity contribution is -0.137. The quantitative estimate of drug-likeness (QED) is 0.907. The van der Waals surface area contributed by atoms with Gasteiger partial charge in [-0.3, -0.25) is 0 Å². The second-order valence-corrected chi connectivity index (χ2v) is 5.33. The summed E-state index contributed by atoms with van der Waals surface area (Å²) in [6, 6.07) is 5.40. The molecule has 0 aliphatic heterocycles. The van der Waals surface area contributed by atoms with E-state index in [0.29, 0.717) is 18.5 Å². The predicted molar refractivity (Wildman–Crippen MR) is 73.7 cm³/mol. The number of thiazole rings is 1. The highest BCUT2D eigenvalue weighted by Gasteiger charge is 2.30. The van der Waals surface area contributed by atoms with Gasteiger partial charge in [-0.2, -0.15) is 13.2 Å². The summed E-state index contributed by atoms with van der Waals surface area (Å²) in [7, 11) is 0. The summed E-state index contributed by atoms with van der Waals surface area (Å²) < 4.78 is 37.9. The van der Waals surface area contributed by atoms with E-state index in [4.69, 9.17) is 0 Å². The second-order valence-electron chi connectivity index (χ2n) is 4.39. The fraction of sp³-hybridized carbons (Fsp3) is 0.357. The Balaban J connectivity index is 2.08. The summed E-state index contributed by atoms with van der Waals surface area (Å²) in [5, 5.41) is 5.93. The summed E-state index contributed by atoms with van der Waals surface area (Å²) in [6.45, 7) is 3.56. The lowest BCUT2D eigenvalue weighted by Crippen LogP contribution is -2.11. The first-order chi connectivity index (χ1) is 9.49. The number of halogens is 3. The fourth-order valence-corrected chi connectivity index (χ4v) is 2.62. The minimum atomic E-state index is -4.30. The third kappa shape index (κ3) is 4.05. The van der Waals surface area contributed by atoms with Crippen molar-refractivity contribution < 1.29 is 13.2 Å². The fourth-order valence-electron chi connectivity index (χ4n) is 1.80. The maximum absolute atomic E-state index is 12.6. The molecule has 0 unspecified atom stereocenters. The van der Waals surface area contributed by atoms with Crippen LogP contribution < -0.4 is 5.32 Å². The van der Waals surface area contributed by atoms with Crippen molar-refractivity contribution in [2.45, 2.75) is 26.1 Å². The Labute approximate surface area is 119 Å². The molecule has 20 heavy (non-hydrogen) atoms. The van der Waals surface area contributed by atoms with E-state index >= 15 is 0 Å². The normalized spacial score (nSPS) is 11.8. The zero-order valence-electron chi connectivity index (χ0n) is 11.0. The van der Waals surface area contributed by atoms with Crippen LogP contribution in [0.2, 0.25) is 0 Å². The highest BCUT2D eigenvalue weighted by Crippen LogP contribution is 2.30. The molecule has 2 rings (SSSR count). The Morgan fingerprint density at radius 3 is 2.80 bits per heavy atom. The SMILES string of the molecule is CCNCc1csc(Cc2cccc(C(F)(F)F)c2)n1. The topological polar surface area (TPSA) is 24.9 Å². The molecule has 0 amide bonds. The van der Waals surface area contributed by atoms with E-state index in [9.17, 15) is 13.2 Å². The number of hydrogen-bond donors (Lipinski definition) is 1. The van der Waals surface area contributed by atoms with Crippen molar-refractivity contribution in [2.24, 2.45) is 0 Å². The molecule has 0 radical (unpaired) electrons. The van der Waals surface area contributed by atoms with Crippen LogP contribution in [0.4, 0.5) is 13.2 Å². The number of nitrogens with one attached hydrogen (secondary N) is 1. The number of nitrogens with zero attached hydrogens (tertiary/aromatic N) is 1. The van der Waals surface area contributed by atoms with Crippen molar-refractivity contribution >= 4 is 11.3 Å². The summed E-state index contributed by atoms with van der Waals surface area (Å²) in [5.74, 6) is 0. The van der Waals surface area contributed by atoms with Crippen LogP contribution in [0.3, 0.4) is 0 Å². The van der Waals surface area contributed by atoms with Gasteiger partial charge in [0.1, 0.15) is 0 Å². The molecule has 6 heteroatoms. The molecule has 0 saturated carbocycles. The molecule has 1 aromatic heterocycles. The Kier molecular flexibility index (Phi) is 4.77. The van der Waals surface area contributed by atoms with Crippen molar-refractivity contribution in [3.8, 4) is 0 Å². The molecule has 0 aliphatic rings. The van der Waals surface area contributed by atoms with E-state index in [1.165, 1.54) is 23.5 Å². The van der Waals surface area contributed by atoms with E-state index in [0.717, 1.165) is 23.3 Å². The number of hydrogen-bond acceptors (Lipinski definition) is 3. The molecule has 108 valence electrons. The van der Waals surface area contributed by atoms with Gasteiger partial charge in [0.15, 0.2) is 0 Å². The van der Waals surface area contributed by atoms with Gasteiger partial charge in [0, 0.05) is 18.3 Å². The minimum Gasteiger partial charge on any atom is -0.311 e. The number of rotatable bonds is 5. The molecular formula is C14H15F3N2S. The molecule has 0 bridgehead atoms.